The van der Waals surface area contributed by atoms with E-state index < -0.39 is 5.41 Å². The Hall–Kier alpha value is -2.05. The summed E-state index contributed by atoms with van der Waals surface area (Å²) in [5.41, 5.74) is 4.72. The predicted molar refractivity (Wildman–Crippen MR) is 62.8 cm³/mol. The summed E-state index contributed by atoms with van der Waals surface area (Å²) in [6.07, 6.45) is 3.67. The van der Waals surface area contributed by atoms with E-state index >= 15 is 0 Å². The van der Waals surface area contributed by atoms with Gasteiger partial charge in [0.05, 0.1) is 12.7 Å². The monoisotopic (exact) mass is 252 g/mol. The lowest BCUT2D eigenvalue weighted by Gasteiger charge is -2.38. The Morgan fingerprint density at radius 1 is 1.72 bits per heavy atom. The third kappa shape index (κ3) is 2.03. The van der Waals surface area contributed by atoms with Gasteiger partial charge in [-0.1, -0.05) is 11.6 Å². The van der Waals surface area contributed by atoms with Crippen molar-refractivity contribution in [2.24, 2.45) is 16.3 Å². The fraction of sp³-hybridized carbons (Fsp3) is 0.545. The highest BCUT2D eigenvalue weighted by molar-refractivity contribution is 6.07. The molecule has 4 N–H and O–H groups in total. The molecule has 7 nitrogen and oxygen atoms in total. The number of carbonyl (C=O) groups is 1. The molecule has 0 bridgehead atoms. The van der Waals surface area contributed by atoms with Crippen molar-refractivity contribution < 1.29 is 14.4 Å². The van der Waals surface area contributed by atoms with Gasteiger partial charge in [-0.05, 0) is 19.8 Å². The van der Waals surface area contributed by atoms with E-state index in [0.717, 1.165) is 6.42 Å². The summed E-state index contributed by atoms with van der Waals surface area (Å²) < 4.78 is 5.25. The maximum atomic E-state index is 12.1. The standard InChI is InChI=1S/C11H16N4O3/c1-7-5-13-8(18-7)6-14-10(16)11(3-2-4-11)9(12)15-17/h5,17H,2-4,6H2,1H3,(H2,12,15)(H,14,16). The second-order valence-corrected chi connectivity index (χ2v) is 4.47. The van der Waals surface area contributed by atoms with E-state index in [2.05, 4.69) is 15.5 Å². The first-order chi connectivity index (χ1) is 8.58. The molecule has 0 atom stereocenters. The van der Waals surface area contributed by atoms with Gasteiger partial charge < -0.3 is 20.7 Å². The second-order valence-electron chi connectivity index (χ2n) is 4.47. The molecule has 7 heteroatoms. The molecule has 1 saturated carbocycles. The van der Waals surface area contributed by atoms with E-state index in [1.54, 1.807) is 13.1 Å². The van der Waals surface area contributed by atoms with Gasteiger partial charge in [0, 0.05) is 0 Å². The van der Waals surface area contributed by atoms with Crippen LogP contribution in [0.3, 0.4) is 0 Å². The average Bonchev–Trinajstić information content (AvgIpc) is 2.70. The van der Waals surface area contributed by atoms with Crippen molar-refractivity contribution in [2.75, 3.05) is 0 Å². The van der Waals surface area contributed by atoms with E-state index in [1.807, 2.05) is 0 Å². The van der Waals surface area contributed by atoms with Crippen molar-refractivity contribution in [3.8, 4) is 0 Å². The third-order valence-corrected chi connectivity index (χ3v) is 3.31. The number of carbonyl (C=O) groups excluding carboxylic acids is 1. The number of nitrogens with two attached hydrogens (primary N) is 1. The van der Waals surface area contributed by atoms with Crippen LogP contribution in [-0.4, -0.2) is 21.9 Å². The van der Waals surface area contributed by atoms with Crippen LogP contribution in [0, 0.1) is 12.3 Å². The lowest BCUT2D eigenvalue weighted by molar-refractivity contribution is -0.131. The number of aromatic nitrogens is 1. The molecule has 1 aliphatic carbocycles. The number of amidine groups is 1. The van der Waals surface area contributed by atoms with E-state index in [0.29, 0.717) is 24.5 Å². The minimum absolute atomic E-state index is 0.0326. The Kier molecular flexibility index (Phi) is 3.22. The quantitative estimate of drug-likeness (QED) is 0.313. The van der Waals surface area contributed by atoms with Crippen LogP contribution in [-0.2, 0) is 11.3 Å². The minimum Gasteiger partial charge on any atom is -0.444 e. The highest BCUT2D eigenvalue weighted by Crippen LogP contribution is 2.41. The molecule has 2 rings (SSSR count). The van der Waals surface area contributed by atoms with Gasteiger partial charge in [-0.3, -0.25) is 4.79 Å². The van der Waals surface area contributed by atoms with E-state index in [4.69, 9.17) is 15.4 Å². The number of amides is 1. The molecule has 0 spiro atoms. The molecule has 1 amide bonds. The SMILES string of the molecule is Cc1cnc(CNC(=O)C2(C(N)=NO)CCC2)o1. The number of hydrogen-bond acceptors (Lipinski definition) is 5. The summed E-state index contributed by atoms with van der Waals surface area (Å²) >= 11 is 0. The maximum Gasteiger partial charge on any atom is 0.234 e. The predicted octanol–water partition coefficient (Wildman–Crippen LogP) is 0.516. The highest BCUT2D eigenvalue weighted by atomic mass is 16.4. The molecule has 1 aliphatic rings. The largest absolute Gasteiger partial charge is 0.444 e. The van der Waals surface area contributed by atoms with Gasteiger partial charge in [0.2, 0.25) is 11.8 Å². The summed E-state index contributed by atoms with van der Waals surface area (Å²) in [7, 11) is 0. The molecule has 1 aromatic heterocycles. The zero-order chi connectivity index (χ0) is 13.2. The van der Waals surface area contributed by atoms with Crippen LogP contribution >= 0.6 is 0 Å². The summed E-state index contributed by atoms with van der Waals surface area (Å²) in [6, 6.07) is 0. The molecule has 98 valence electrons. The number of rotatable bonds is 4. The van der Waals surface area contributed by atoms with Gasteiger partial charge in [-0.15, -0.1) is 0 Å². The molecule has 0 unspecified atom stereocenters. The van der Waals surface area contributed by atoms with E-state index in [-0.39, 0.29) is 18.3 Å². The van der Waals surface area contributed by atoms with E-state index in [1.165, 1.54) is 0 Å². The van der Waals surface area contributed by atoms with Crippen LogP contribution in [0.5, 0.6) is 0 Å². The molecule has 0 saturated heterocycles. The molecule has 1 aromatic rings. The smallest absolute Gasteiger partial charge is 0.234 e. The minimum atomic E-state index is -0.865. The van der Waals surface area contributed by atoms with Crippen molar-refractivity contribution in [1.82, 2.24) is 10.3 Å². The Morgan fingerprint density at radius 2 is 2.44 bits per heavy atom. The number of oxime groups is 1. The van der Waals surface area contributed by atoms with Crippen molar-refractivity contribution in [3.05, 3.63) is 17.8 Å². The van der Waals surface area contributed by atoms with Gasteiger partial charge in [0.15, 0.2) is 5.84 Å². The van der Waals surface area contributed by atoms with Gasteiger partial charge in [0.25, 0.3) is 0 Å². The molecular formula is C11H16N4O3. The van der Waals surface area contributed by atoms with Gasteiger partial charge >= 0.3 is 0 Å². The zero-order valence-electron chi connectivity index (χ0n) is 10.1. The first-order valence-electron chi connectivity index (χ1n) is 5.76. The molecule has 18 heavy (non-hydrogen) atoms. The summed E-state index contributed by atoms with van der Waals surface area (Å²) in [5, 5.41) is 14.4. The number of aryl methyl sites for hydroxylation is 1. The molecule has 1 heterocycles. The lowest BCUT2D eigenvalue weighted by Crippen LogP contribution is -2.53. The summed E-state index contributed by atoms with van der Waals surface area (Å²) in [6.45, 7) is 1.98. The average molecular weight is 252 g/mol. The van der Waals surface area contributed by atoms with Crippen molar-refractivity contribution in [1.29, 1.82) is 0 Å². The zero-order valence-corrected chi connectivity index (χ0v) is 10.1. The molecule has 0 aliphatic heterocycles. The lowest BCUT2D eigenvalue weighted by atomic mass is 9.67. The Balaban J connectivity index is 1.99. The van der Waals surface area contributed by atoms with Crippen LogP contribution in [0.1, 0.15) is 30.9 Å². The first-order valence-corrected chi connectivity index (χ1v) is 5.76. The number of nitrogens with one attached hydrogen (secondary N) is 1. The van der Waals surface area contributed by atoms with Crippen molar-refractivity contribution in [3.63, 3.8) is 0 Å². The maximum absolute atomic E-state index is 12.1. The summed E-state index contributed by atoms with van der Waals surface area (Å²) in [5.74, 6) is 0.846. The van der Waals surface area contributed by atoms with Gasteiger partial charge in [0.1, 0.15) is 11.2 Å². The molecular weight excluding hydrogens is 236 g/mol. The Bertz CT molecular complexity index is 476. The van der Waals surface area contributed by atoms with Gasteiger partial charge in [-0.25, -0.2) is 4.98 Å². The first kappa shape index (κ1) is 12.4. The Labute approximate surface area is 104 Å². The van der Waals surface area contributed by atoms with Crippen molar-refractivity contribution >= 4 is 11.7 Å². The van der Waals surface area contributed by atoms with Crippen LogP contribution in [0.2, 0.25) is 0 Å². The van der Waals surface area contributed by atoms with Crippen LogP contribution in [0.15, 0.2) is 15.8 Å². The number of oxazole rings is 1. The van der Waals surface area contributed by atoms with Crippen LogP contribution in [0.25, 0.3) is 0 Å². The number of hydrogen-bond donors (Lipinski definition) is 3. The second kappa shape index (κ2) is 4.67. The normalized spacial score (nSPS) is 18.2. The fourth-order valence-corrected chi connectivity index (χ4v) is 2.03. The van der Waals surface area contributed by atoms with Crippen molar-refractivity contribution in [2.45, 2.75) is 32.7 Å². The number of nitrogens with zero attached hydrogens (tertiary/aromatic N) is 2. The molecule has 0 radical (unpaired) electrons. The Morgan fingerprint density at radius 3 is 2.89 bits per heavy atom. The summed E-state index contributed by atoms with van der Waals surface area (Å²) in [4.78, 5) is 16.1. The fourth-order valence-electron chi connectivity index (χ4n) is 2.03. The molecule has 0 aromatic carbocycles. The van der Waals surface area contributed by atoms with Crippen LogP contribution < -0.4 is 11.1 Å². The third-order valence-electron chi connectivity index (χ3n) is 3.31. The van der Waals surface area contributed by atoms with Gasteiger partial charge in [-0.2, -0.15) is 0 Å². The molecule has 1 fully saturated rings. The topological polar surface area (TPSA) is 114 Å². The van der Waals surface area contributed by atoms with Crippen LogP contribution in [0.4, 0.5) is 0 Å². The highest BCUT2D eigenvalue weighted by Gasteiger charge is 2.48. The van der Waals surface area contributed by atoms with E-state index in [9.17, 15) is 4.79 Å².